The predicted molar refractivity (Wildman–Crippen MR) is 230 cm³/mol. The number of ether oxygens (including phenoxy) is 2. The molecule has 0 atom stereocenters. The highest BCUT2D eigenvalue weighted by Crippen LogP contribution is 2.38. The molecule has 0 heterocycles. The zero-order valence-corrected chi connectivity index (χ0v) is 32.4. The molecule has 0 fully saturated rings. The average Bonchev–Trinajstić information content (AvgIpc) is 3.30. The van der Waals surface area contributed by atoms with Crippen LogP contribution in [0.15, 0.2) is 146 Å². The zero-order valence-electron chi connectivity index (χ0n) is 32.4. The number of carbonyl (C=O) groups is 2. The molecule has 0 aliphatic heterocycles. The lowest BCUT2D eigenvalue weighted by Gasteiger charge is -2.26. The SMILES string of the molecule is COc1ccc(N(c2ccc(C=Cc3c(F)c(F)c(C=Cc4ccc(N(c5ccc(C=O)cc5)c5ccc(C=O)cc5)cc4)c(F)c3F)cc2)c2ccc(OC)cc2)cc1. The van der Waals surface area contributed by atoms with Crippen molar-refractivity contribution in [3.63, 3.8) is 0 Å². The highest BCUT2D eigenvalue weighted by molar-refractivity contribution is 5.83. The Morgan fingerprint density at radius 1 is 0.350 bits per heavy atom. The molecule has 6 nitrogen and oxygen atoms in total. The molecular formula is C50H36F4N2O4. The smallest absolute Gasteiger partial charge is 0.169 e. The van der Waals surface area contributed by atoms with Crippen molar-refractivity contribution in [3.05, 3.63) is 202 Å². The number of methoxy groups -OCH3 is 2. The first-order valence-corrected chi connectivity index (χ1v) is 18.6. The molecule has 0 aliphatic rings. The van der Waals surface area contributed by atoms with Crippen LogP contribution >= 0.6 is 0 Å². The van der Waals surface area contributed by atoms with E-state index in [0.29, 0.717) is 39.4 Å². The van der Waals surface area contributed by atoms with Crippen molar-refractivity contribution in [2.75, 3.05) is 24.0 Å². The number of hydrogen-bond donors (Lipinski definition) is 0. The minimum absolute atomic E-state index is 0.496. The van der Waals surface area contributed by atoms with Crippen molar-refractivity contribution in [2.24, 2.45) is 0 Å². The summed E-state index contributed by atoms with van der Waals surface area (Å²) in [6.07, 6.45) is 6.21. The monoisotopic (exact) mass is 804 g/mol. The van der Waals surface area contributed by atoms with E-state index in [1.54, 1.807) is 99.1 Å². The second kappa shape index (κ2) is 18.3. The Labute approximate surface area is 344 Å². The molecular weight excluding hydrogens is 769 g/mol. The van der Waals surface area contributed by atoms with Gasteiger partial charge in [-0.3, -0.25) is 9.59 Å². The largest absolute Gasteiger partial charge is 0.497 e. The van der Waals surface area contributed by atoms with Crippen molar-refractivity contribution in [3.8, 4) is 11.5 Å². The third-order valence-electron chi connectivity index (χ3n) is 9.75. The number of anilines is 6. The number of benzene rings is 7. The van der Waals surface area contributed by atoms with Crippen LogP contribution in [0.2, 0.25) is 0 Å². The second-order valence-corrected chi connectivity index (χ2v) is 13.4. The van der Waals surface area contributed by atoms with Crippen LogP contribution in [0.3, 0.4) is 0 Å². The van der Waals surface area contributed by atoms with Gasteiger partial charge in [0.15, 0.2) is 23.3 Å². The summed E-state index contributed by atoms with van der Waals surface area (Å²) in [5.41, 5.74) is 4.92. The molecule has 7 rings (SSSR count). The van der Waals surface area contributed by atoms with Crippen molar-refractivity contribution < 1.29 is 36.6 Å². The molecule has 0 aromatic heterocycles. The molecule has 0 saturated carbocycles. The van der Waals surface area contributed by atoms with E-state index in [1.807, 2.05) is 70.5 Å². The fraction of sp³-hybridized carbons (Fsp3) is 0.0400. The number of rotatable bonds is 14. The maximum atomic E-state index is 15.4. The number of carbonyl (C=O) groups excluding carboxylic acids is 2. The number of aldehydes is 2. The highest BCUT2D eigenvalue weighted by Gasteiger charge is 2.23. The van der Waals surface area contributed by atoms with Crippen LogP contribution < -0.4 is 19.3 Å². The summed E-state index contributed by atoms with van der Waals surface area (Å²) in [6.45, 7) is 0. The van der Waals surface area contributed by atoms with Crippen molar-refractivity contribution in [1.29, 1.82) is 0 Å². The number of nitrogens with zero attached hydrogens (tertiary/aromatic N) is 2. The van der Waals surface area contributed by atoms with Gasteiger partial charge >= 0.3 is 0 Å². The third kappa shape index (κ3) is 8.73. The Balaban J connectivity index is 1.11. The maximum absolute atomic E-state index is 15.4. The molecule has 60 heavy (non-hydrogen) atoms. The molecule has 7 aromatic carbocycles. The minimum Gasteiger partial charge on any atom is -0.497 e. The molecule has 0 spiro atoms. The van der Waals surface area contributed by atoms with Gasteiger partial charge in [0, 0.05) is 45.3 Å². The standard InChI is InChI=1S/C50H36F4N2O4/c1-59-43-25-21-41(22-26-43)56(42-23-27-44(60-2)28-24-42)38-15-5-34(6-16-38)12-30-46-49(53)47(51)45(48(52)50(46)54)29-11-33-3-13-37(14-4-33)55(39-17-7-35(31-57)8-18-39)40-19-9-36(32-58)10-20-40/h3-32H,1-2H3. The summed E-state index contributed by atoms with van der Waals surface area (Å²) in [5, 5.41) is 0. The first-order chi connectivity index (χ1) is 29.2. The summed E-state index contributed by atoms with van der Waals surface area (Å²) < 4.78 is 72.3. The van der Waals surface area contributed by atoms with Gasteiger partial charge in [0.1, 0.15) is 24.1 Å². The average molecular weight is 805 g/mol. The van der Waals surface area contributed by atoms with Crippen LogP contribution in [-0.4, -0.2) is 26.8 Å². The van der Waals surface area contributed by atoms with Crippen LogP contribution in [0.25, 0.3) is 24.3 Å². The molecule has 7 aromatic rings. The van der Waals surface area contributed by atoms with Crippen LogP contribution in [0, 0.1) is 23.3 Å². The lowest BCUT2D eigenvalue weighted by atomic mass is 10.0. The van der Waals surface area contributed by atoms with Crippen molar-refractivity contribution >= 4 is 71.0 Å². The van der Waals surface area contributed by atoms with Crippen LogP contribution in [0.1, 0.15) is 43.0 Å². The van der Waals surface area contributed by atoms with Gasteiger partial charge in [0.25, 0.3) is 0 Å². The molecule has 0 aliphatic carbocycles. The number of halogens is 4. The number of hydrogen-bond acceptors (Lipinski definition) is 6. The molecule has 0 bridgehead atoms. The minimum atomic E-state index is -1.53. The summed E-state index contributed by atoms with van der Waals surface area (Å²) in [6, 6.07) is 42.8. The summed E-state index contributed by atoms with van der Waals surface area (Å²) >= 11 is 0. The van der Waals surface area contributed by atoms with Crippen molar-refractivity contribution in [2.45, 2.75) is 0 Å². The molecule has 10 heteroatoms. The summed E-state index contributed by atoms with van der Waals surface area (Å²) in [4.78, 5) is 26.4. The van der Waals surface area contributed by atoms with E-state index in [1.165, 1.54) is 12.2 Å². The van der Waals surface area contributed by atoms with Gasteiger partial charge in [-0.15, -0.1) is 0 Å². The lowest BCUT2D eigenvalue weighted by Crippen LogP contribution is -2.10. The van der Waals surface area contributed by atoms with E-state index in [0.717, 1.165) is 53.2 Å². The van der Waals surface area contributed by atoms with E-state index in [4.69, 9.17) is 9.47 Å². The Kier molecular flexibility index (Phi) is 12.3. The predicted octanol–water partition coefficient (Wildman–Crippen LogP) is 13.2. The Morgan fingerprint density at radius 2 is 0.583 bits per heavy atom. The van der Waals surface area contributed by atoms with Crippen LogP contribution in [0.4, 0.5) is 51.7 Å². The molecule has 0 N–H and O–H groups in total. The van der Waals surface area contributed by atoms with Crippen LogP contribution in [0.5, 0.6) is 11.5 Å². The highest BCUT2D eigenvalue weighted by atomic mass is 19.2. The Morgan fingerprint density at radius 3 is 0.817 bits per heavy atom. The quantitative estimate of drug-likeness (QED) is 0.0472. The van der Waals surface area contributed by atoms with E-state index in [2.05, 4.69) is 0 Å². The first kappa shape index (κ1) is 40.5. The van der Waals surface area contributed by atoms with Gasteiger partial charge in [-0.05, 0) is 145 Å². The van der Waals surface area contributed by atoms with Gasteiger partial charge in [-0.25, -0.2) is 17.6 Å². The summed E-state index contributed by atoms with van der Waals surface area (Å²) in [7, 11) is 3.18. The van der Waals surface area contributed by atoms with Gasteiger partial charge in [-0.2, -0.15) is 0 Å². The van der Waals surface area contributed by atoms with E-state index >= 15 is 17.6 Å². The van der Waals surface area contributed by atoms with E-state index in [9.17, 15) is 9.59 Å². The third-order valence-corrected chi connectivity index (χ3v) is 9.75. The second-order valence-electron chi connectivity index (χ2n) is 13.4. The fourth-order valence-electron chi connectivity index (χ4n) is 6.55. The van der Waals surface area contributed by atoms with E-state index in [-0.39, 0.29) is 0 Å². The summed E-state index contributed by atoms with van der Waals surface area (Å²) in [5.74, 6) is -4.73. The lowest BCUT2D eigenvalue weighted by molar-refractivity contribution is 0.111. The maximum Gasteiger partial charge on any atom is 0.169 e. The molecule has 0 amide bonds. The van der Waals surface area contributed by atoms with Gasteiger partial charge < -0.3 is 19.3 Å². The molecule has 0 saturated heterocycles. The van der Waals surface area contributed by atoms with Gasteiger partial charge in [0.05, 0.1) is 25.3 Å². The normalized spacial score (nSPS) is 11.2. The van der Waals surface area contributed by atoms with Crippen LogP contribution in [-0.2, 0) is 0 Å². The van der Waals surface area contributed by atoms with Crippen molar-refractivity contribution in [1.82, 2.24) is 0 Å². The van der Waals surface area contributed by atoms with E-state index < -0.39 is 34.4 Å². The molecule has 298 valence electrons. The Bertz CT molecular complexity index is 2540. The van der Waals surface area contributed by atoms with Gasteiger partial charge in [-0.1, -0.05) is 36.4 Å². The first-order valence-electron chi connectivity index (χ1n) is 18.6. The zero-order chi connectivity index (χ0) is 42.2. The van der Waals surface area contributed by atoms with Gasteiger partial charge in [0.2, 0.25) is 0 Å². The molecule has 0 unspecified atom stereocenters. The fourth-order valence-corrected chi connectivity index (χ4v) is 6.55. The Hall–Kier alpha value is -7.72. The topological polar surface area (TPSA) is 59.1 Å². The molecule has 0 radical (unpaired) electrons.